The van der Waals surface area contributed by atoms with Crippen molar-refractivity contribution in [1.82, 2.24) is 0 Å². The van der Waals surface area contributed by atoms with Crippen LogP contribution in [0.1, 0.15) is 52.4 Å². The molecule has 0 heterocycles. The highest BCUT2D eigenvalue weighted by atomic mass is 35.5. The van der Waals surface area contributed by atoms with Crippen molar-refractivity contribution >= 4 is 23.4 Å². The van der Waals surface area contributed by atoms with Crippen LogP contribution in [-0.2, 0) is 14.3 Å². The predicted octanol–water partition coefficient (Wildman–Crippen LogP) is 2.45. The number of carbonyl (C=O) groups excluding carboxylic acids is 2. The van der Waals surface area contributed by atoms with E-state index in [2.05, 4.69) is 0 Å². The van der Waals surface area contributed by atoms with Crippen LogP contribution in [-0.4, -0.2) is 34.4 Å². The summed E-state index contributed by atoms with van der Waals surface area (Å²) in [6.45, 7) is 3.49. The van der Waals surface area contributed by atoms with Crippen molar-refractivity contribution < 1.29 is 19.4 Å². The van der Waals surface area contributed by atoms with Gasteiger partial charge in [0.1, 0.15) is 5.78 Å². The van der Waals surface area contributed by atoms with Crippen LogP contribution in [0.3, 0.4) is 0 Å². The Morgan fingerprint density at radius 1 is 1.30 bits per heavy atom. The number of Topliss-reactive ketones (excluding diaryl/α,β-unsaturated/α-hetero) is 1. The molecule has 0 unspecified atom stereocenters. The maximum atomic E-state index is 12.5. The topological polar surface area (TPSA) is 63.6 Å². The summed E-state index contributed by atoms with van der Waals surface area (Å²) in [5.41, 5.74) is -2.31. The first kappa shape index (κ1) is 15.8. The molecule has 4 nitrogen and oxygen atoms in total. The third kappa shape index (κ3) is 2.17. The average molecular weight is 303 g/mol. The lowest BCUT2D eigenvalue weighted by Gasteiger charge is -2.56. The maximum Gasteiger partial charge on any atom is 0.315 e. The highest BCUT2D eigenvalue weighted by Crippen LogP contribution is 2.57. The number of hydrogen-bond acceptors (Lipinski definition) is 4. The molecule has 20 heavy (non-hydrogen) atoms. The molecule has 2 saturated carbocycles. The normalized spacial score (nSPS) is 40.8. The van der Waals surface area contributed by atoms with E-state index in [0.717, 1.165) is 12.8 Å². The lowest BCUT2D eigenvalue weighted by atomic mass is 9.52. The van der Waals surface area contributed by atoms with Crippen molar-refractivity contribution in [2.75, 3.05) is 6.61 Å². The molecule has 0 aromatic rings. The third-order valence-electron chi connectivity index (χ3n) is 5.07. The van der Waals surface area contributed by atoms with Gasteiger partial charge in [0.05, 0.1) is 23.5 Å². The van der Waals surface area contributed by atoms with E-state index in [9.17, 15) is 14.7 Å². The van der Waals surface area contributed by atoms with Crippen molar-refractivity contribution in [3.63, 3.8) is 0 Å². The van der Waals surface area contributed by atoms with Crippen LogP contribution in [0.5, 0.6) is 0 Å². The fraction of sp³-hybridized carbons (Fsp3) is 0.867. The molecule has 0 bridgehead atoms. The molecule has 2 aliphatic rings. The van der Waals surface area contributed by atoms with Crippen LogP contribution in [0.25, 0.3) is 0 Å². The lowest BCUT2D eigenvalue weighted by molar-refractivity contribution is -0.205. The van der Waals surface area contributed by atoms with E-state index in [-0.39, 0.29) is 18.4 Å². The Morgan fingerprint density at radius 3 is 2.55 bits per heavy atom. The predicted molar refractivity (Wildman–Crippen MR) is 75.5 cm³/mol. The molecule has 0 aromatic carbocycles. The molecule has 0 spiro atoms. The molecule has 4 atom stereocenters. The number of esters is 1. The van der Waals surface area contributed by atoms with E-state index >= 15 is 0 Å². The third-order valence-corrected chi connectivity index (χ3v) is 5.54. The molecule has 0 aliphatic heterocycles. The van der Waals surface area contributed by atoms with Gasteiger partial charge in [-0.2, -0.15) is 0 Å². The SMILES string of the molecule is CCOC(=O)[C@]12CCCC[C@@]1(O)[C@@H](C(C)=O)[C@H](Cl)CC2. The maximum absolute atomic E-state index is 12.5. The zero-order valence-corrected chi connectivity index (χ0v) is 12.9. The summed E-state index contributed by atoms with van der Waals surface area (Å²) in [7, 11) is 0. The molecule has 5 heteroatoms. The minimum Gasteiger partial charge on any atom is -0.465 e. The van der Waals surface area contributed by atoms with E-state index in [1.54, 1.807) is 6.92 Å². The van der Waals surface area contributed by atoms with Gasteiger partial charge in [-0.3, -0.25) is 9.59 Å². The van der Waals surface area contributed by atoms with E-state index in [0.29, 0.717) is 25.7 Å². The van der Waals surface area contributed by atoms with E-state index < -0.39 is 22.3 Å². The second-order valence-electron chi connectivity index (χ2n) is 6.08. The Labute approximate surface area is 124 Å². The molecule has 2 rings (SSSR count). The number of carbonyl (C=O) groups is 2. The van der Waals surface area contributed by atoms with Gasteiger partial charge in [-0.05, 0) is 39.5 Å². The number of hydrogen-bond donors (Lipinski definition) is 1. The summed E-state index contributed by atoms with van der Waals surface area (Å²) in [6.07, 6.45) is 3.77. The summed E-state index contributed by atoms with van der Waals surface area (Å²) in [5.74, 6) is -1.18. The summed E-state index contributed by atoms with van der Waals surface area (Å²) >= 11 is 6.30. The zero-order chi connectivity index (χ0) is 15.0. The standard InChI is InChI=1S/C15H23ClO4/c1-3-20-13(18)14-7-4-5-8-15(14,19)12(10(2)17)11(16)6-9-14/h11-12,19H,3-9H2,1-2H3/t11-,12+,14-,15-/m1/s1. The van der Waals surface area contributed by atoms with E-state index in [1.807, 2.05) is 0 Å². The van der Waals surface area contributed by atoms with Gasteiger partial charge >= 0.3 is 5.97 Å². The Kier molecular flexibility index (Phi) is 4.45. The number of alkyl halides is 1. The zero-order valence-electron chi connectivity index (χ0n) is 12.2. The van der Waals surface area contributed by atoms with Crippen LogP contribution < -0.4 is 0 Å². The van der Waals surface area contributed by atoms with Crippen LogP contribution >= 0.6 is 11.6 Å². The summed E-state index contributed by atoms with van der Waals surface area (Å²) in [6, 6.07) is 0. The number of aliphatic hydroxyl groups is 1. The Hall–Kier alpha value is -0.610. The van der Waals surface area contributed by atoms with Gasteiger partial charge in [0.2, 0.25) is 0 Å². The molecule has 1 N–H and O–H groups in total. The first-order valence-electron chi connectivity index (χ1n) is 7.43. The molecule has 0 radical (unpaired) electrons. The quantitative estimate of drug-likeness (QED) is 0.642. The van der Waals surface area contributed by atoms with Gasteiger partial charge in [-0.25, -0.2) is 0 Å². The number of ether oxygens (including phenoxy) is 1. The van der Waals surface area contributed by atoms with Crippen molar-refractivity contribution in [1.29, 1.82) is 0 Å². The van der Waals surface area contributed by atoms with Crippen molar-refractivity contribution in [2.24, 2.45) is 11.3 Å². The first-order valence-corrected chi connectivity index (χ1v) is 7.87. The van der Waals surface area contributed by atoms with Crippen molar-refractivity contribution in [3.8, 4) is 0 Å². The molecular weight excluding hydrogens is 280 g/mol. The second kappa shape index (κ2) is 5.64. The van der Waals surface area contributed by atoms with Gasteiger partial charge in [-0.1, -0.05) is 12.8 Å². The highest BCUT2D eigenvalue weighted by Gasteiger charge is 2.65. The highest BCUT2D eigenvalue weighted by molar-refractivity contribution is 6.22. The van der Waals surface area contributed by atoms with Crippen molar-refractivity contribution in [3.05, 3.63) is 0 Å². The molecule has 0 amide bonds. The van der Waals surface area contributed by atoms with Gasteiger partial charge in [0.25, 0.3) is 0 Å². The van der Waals surface area contributed by atoms with Crippen molar-refractivity contribution in [2.45, 2.75) is 63.4 Å². The summed E-state index contributed by atoms with van der Waals surface area (Å²) in [5, 5.41) is 10.8. The van der Waals surface area contributed by atoms with E-state index in [1.165, 1.54) is 6.92 Å². The molecular formula is C15H23ClO4. The Morgan fingerprint density at radius 2 is 1.95 bits per heavy atom. The lowest BCUT2D eigenvalue weighted by Crippen LogP contribution is -2.65. The van der Waals surface area contributed by atoms with Gasteiger partial charge in [0.15, 0.2) is 0 Å². The van der Waals surface area contributed by atoms with Crippen LogP contribution in [0, 0.1) is 11.3 Å². The average Bonchev–Trinajstić information content (AvgIpc) is 2.37. The number of rotatable bonds is 3. The van der Waals surface area contributed by atoms with Crippen LogP contribution in [0.15, 0.2) is 0 Å². The number of fused-ring (bicyclic) bond motifs is 1. The Balaban J connectivity index is 2.46. The summed E-state index contributed by atoms with van der Waals surface area (Å²) in [4.78, 5) is 24.5. The smallest absolute Gasteiger partial charge is 0.315 e. The second-order valence-corrected chi connectivity index (χ2v) is 6.64. The van der Waals surface area contributed by atoms with E-state index in [4.69, 9.17) is 16.3 Å². The number of ketones is 1. The molecule has 2 aliphatic carbocycles. The summed E-state index contributed by atoms with van der Waals surface area (Å²) < 4.78 is 5.22. The minimum absolute atomic E-state index is 0.136. The molecule has 0 saturated heterocycles. The fourth-order valence-corrected chi connectivity index (χ4v) is 4.66. The van der Waals surface area contributed by atoms with Gasteiger partial charge in [-0.15, -0.1) is 11.6 Å². The van der Waals surface area contributed by atoms with Crippen LogP contribution in [0.4, 0.5) is 0 Å². The largest absolute Gasteiger partial charge is 0.465 e. The van der Waals surface area contributed by atoms with Crippen LogP contribution in [0.2, 0.25) is 0 Å². The van der Waals surface area contributed by atoms with Gasteiger partial charge < -0.3 is 9.84 Å². The fourth-order valence-electron chi connectivity index (χ4n) is 4.16. The number of halogens is 1. The van der Waals surface area contributed by atoms with Gasteiger partial charge in [0, 0.05) is 5.38 Å². The molecule has 2 fully saturated rings. The molecule has 114 valence electrons. The minimum atomic E-state index is -1.35. The first-order chi connectivity index (χ1) is 9.39. The Bertz CT molecular complexity index is 411. The monoisotopic (exact) mass is 302 g/mol. The molecule has 0 aromatic heterocycles.